The highest BCUT2D eigenvalue weighted by Crippen LogP contribution is 2.36. The molecule has 0 spiro atoms. The van der Waals surface area contributed by atoms with Crippen molar-refractivity contribution in [2.24, 2.45) is 17.8 Å². The van der Waals surface area contributed by atoms with E-state index in [1.165, 1.54) is 0 Å². The first-order valence-corrected chi connectivity index (χ1v) is 8.11. The maximum atomic E-state index is 11.7. The number of carbonyl (C=O) groups excluding carboxylic acids is 1. The van der Waals surface area contributed by atoms with Gasteiger partial charge in [0.15, 0.2) is 5.82 Å². The number of aromatic amines is 1. The number of nitrogens with zero attached hydrogens (tertiary/aromatic N) is 4. The molecule has 1 fully saturated rings. The number of carboxylic acids is 1. The third-order valence-corrected chi connectivity index (χ3v) is 4.78. The molecule has 2 N–H and O–H groups in total. The molecule has 0 bridgehead atoms. The first-order chi connectivity index (χ1) is 10.9. The molecule has 1 aliphatic rings. The number of hydrogen-bond acceptors (Lipinski definition) is 5. The number of H-pyrrole nitrogens is 1. The molecule has 0 aliphatic carbocycles. The van der Waals surface area contributed by atoms with Gasteiger partial charge in [-0.2, -0.15) is 5.21 Å². The molecule has 23 heavy (non-hydrogen) atoms. The molecule has 2 rings (SSSR count). The summed E-state index contributed by atoms with van der Waals surface area (Å²) in [6.45, 7) is 6.87. The van der Waals surface area contributed by atoms with Crippen molar-refractivity contribution < 1.29 is 14.7 Å². The van der Waals surface area contributed by atoms with Crippen LogP contribution in [0.5, 0.6) is 0 Å². The van der Waals surface area contributed by atoms with Gasteiger partial charge < -0.3 is 10.0 Å². The Morgan fingerprint density at radius 3 is 2.43 bits per heavy atom. The standard InChI is InChI=1S/C15H25N5O3/c1-9(2)13(15(22)23)12(14-16-18-19-17-14)8-11-4-6-20(7-5-11)10(3)21/h9,11-13H,4-8H2,1-3H3,(H,22,23)(H,16,17,18,19)/t12-,13?/m0/s1. The highest BCUT2D eigenvalue weighted by atomic mass is 16.4. The van der Waals surface area contributed by atoms with Crippen LogP contribution in [0.3, 0.4) is 0 Å². The van der Waals surface area contributed by atoms with Crippen molar-refractivity contribution in [3.8, 4) is 0 Å². The minimum Gasteiger partial charge on any atom is -0.481 e. The number of nitrogens with one attached hydrogen (secondary N) is 1. The number of aromatic nitrogens is 4. The summed E-state index contributed by atoms with van der Waals surface area (Å²) < 4.78 is 0. The van der Waals surface area contributed by atoms with E-state index in [1.807, 2.05) is 18.7 Å². The molecule has 1 aromatic rings. The Labute approximate surface area is 135 Å². The van der Waals surface area contributed by atoms with E-state index < -0.39 is 11.9 Å². The van der Waals surface area contributed by atoms with Gasteiger partial charge in [0.1, 0.15) is 0 Å². The number of likely N-dealkylation sites (tertiary alicyclic amines) is 1. The van der Waals surface area contributed by atoms with E-state index in [2.05, 4.69) is 20.6 Å². The zero-order chi connectivity index (χ0) is 17.0. The average molecular weight is 323 g/mol. The van der Waals surface area contributed by atoms with Gasteiger partial charge in [-0.3, -0.25) is 9.59 Å². The van der Waals surface area contributed by atoms with Crippen molar-refractivity contribution in [3.63, 3.8) is 0 Å². The summed E-state index contributed by atoms with van der Waals surface area (Å²) in [6, 6.07) is 0. The molecule has 0 saturated carbocycles. The Kier molecular flexibility index (Phi) is 5.68. The molecule has 1 unspecified atom stereocenters. The minimum absolute atomic E-state index is 0.0201. The fourth-order valence-electron chi connectivity index (χ4n) is 3.50. The van der Waals surface area contributed by atoms with Gasteiger partial charge in [0, 0.05) is 25.9 Å². The van der Waals surface area contributed by atoms with Crippen molar-refractivity contribution in [2.45, 2.75) is 46.0 Å². The second kappa shape index (κ2) is 7.52. The summed E-state index contributed by atoms with van der Waals surface area (Å²) in [4.78, 5) is 25.0. The lowest BCUT2D eigenvalue weighted by atomic mass is 9.76. The van der Waals surface area contributed by atoms with Gasteiger partial charge in [-0.15, -0.1) is 10.2 Å². The van der Waals surface area contributed by atoms with E-state index in [-0.39, 0.29) is 17.7 Å². The second-order valence-corrected chi connectivity index (χ2v) is 6.67. The number of tetrazole rings is 1. The number of amides is 1. The Hall–Kier alpha value is -1.99. The molecular formula is C15H25N5O3. The van der Waals surface area contributed by atoms with Crippen molar-refractivity contribution >= 4 is 11.9 Å². The maximum Gasteiger partial charge on any atom is 0.307 e. The number of carbonyl (C=O) groups is 2. The van der Waals surface area contributed by atoms with Crippen LogP contribution >= 0.6 is 0 Å². The molecule has 8 nitrogen and oxygen atoms in total. The van der Waals surface area contributed by atoms with Crippen LogP contribution in [0.2, 0.25) is 0 Å². The van der Waals surface area contributed by atoms with Crippen LogP contribution in [-0.2, 0) is 9.59 Å². The number of piperidine rings is 1. The second-order valence-electron chi connectivity index (χ2n) is 6.67. The van der Waals surface area contributed by atoms with Crippen LogP contribution < -0.4 is 0 Å². The number of aliphatic carboxylic acids is 1. The summed E-state index contributed by atoms with van der Waals surface area (Å²) in [6.07, 6.45) is 2.48. The molecule has 128 valence electrons. The molecule has 1 amide bonds. The van der Waals surface area contributed by atoms with E-state index in [1.54, 1.807) is 6.92 Å². The highest BCUT2D eigenvalue weighted by molar-refractivity contribution is 5.73. The Bertz CT molecular complexity index is 523. The molecule has 1 aromatic heterocycles. The lowest BCUT2D eigenvalue weighted by molar-refractivity contribution is -0.144. The van der Waals surface area contributed by atoms with Crippen molar-refractivity contribution in [1.29, 1.82) is 0 Å². The van der Waals surface area contributed by atoms with E-state index in [9.17, 15) is 14.7 Å². The number of hydrogen-bond donors (Lipinski definition) is 2. The zero-order valence-electron chi connectivity index (χ0n) is 13.9. The molecule has 8 heteroatoms. The molecule has 0 radical (unpaired) electrons. The Balaban J connectivity index is 2.10. The lowest BCUT2D eigenvalue weighted by Gasteiger charge is -2.34. The normalized spacial score (nSPS) is 18.9. The summed E-state index contributed by atoms with van der Waals surface area (Å²) >= 11 is 0. The summed E-state index contributed by atoms with van der Waals surface area (Å²) in [5.74, 6) is -0.707. The van der Waals surface area contributed by atoms with Gasteiger partial charge in [-0.05, 0) is 31.1 Å². The number of rotatable bonds is 6. The monoisotopic (exact) mass is 323 g/mol. The van der Waals surface area contributed by atoms with Crippen molar-refractivity contribution in [2.75, 3.05) is 13.1 Å². The first-order valence-electron chi connectivity index (χ1n) is 8.11. The van der Waals surface area contributed by atoms with Crippen molar-refractivity contribution in [1.82, 2.24) is 25.5 Å². The first kappa shape index (κ1) is 17.4. The van der Waals surface area contributed by atoms with Gasteiger partial charge in [0.2, 0.25) is 5.91 Å². The molecular weight excluding hydrogens is 298 g/mol. The fraction of sp³-hybridized carbons (Fsp3) is 0.800. The van der Waals surface area contributed by atoms with Crippen LogP contribution in [0.25, 0.3) is 0 Å². The van der Waals surface area contributed by atoms with Crippen LogP contribution in [0.15, 0.2) is 0 Å². The topological polar surface area (TPSA) is 112 Å². The molecule has 1 aliphatic heterocycles. The lowest BCUT2D eigenvalue weighted by Crippen LogP contribution is -2.38. The quantitative estimate of drug-likeness (QED) is 0.816. The average Bonchev–Trinajstić information content (AvgIpc) is 3.00. The van der Waals surface area contributed by atoms with E-state index >= 15 is 0 Å². The molecule has 2 heterocycles. The number of carboxylic acid groups (broad SMARTS) is 1. The molecule has 1 saturated heterocycles. The van der Waals surface area contributed by atoms with E-state index in [0.29, 0.717) is 18.2 Å². The zero-order valence-corrected chi connectivity index (χ0v) is 13.9. The van der Waals surface area contributed by atoms with Crippen molar-refractivity contribution in [3.05, 3.63) is 5.82 Å². The SMILES string of the molecule is CC(=O)N1CCC(C[C@H](c2nn[nH]n2)C(C(=O)O)C(C)C)CC1. The van der Waals surface area contributed by atoms with Gasteiger partial charge in [0.25, 0.3) is 0 Å². The van der Waals surface area contributed by atoms with Crippen LogP contribution in [0.4, 0.5) is 0 Å². The van der Waals surface area contributed by atoms with Gasteiger partial charge in [0.05, 0.1) is 5.92 Å². The Morgan fingerprint density at radius 1 is 1.35 bits per heavy atom. The predicted molar refractivity (Wildman–Crippen MR) is 82.5 cm³/mol. The van der Waals surface area contributed by atoms with E-state index in [0.717, 1.165) is 25.9 Å². The molecule has 2 atom stereocenters. The van der Waals surface area contributed by atoms with Crippen LogP contribution in [-0.4, -0.2) is 55.6 Å². The largest absolute Gasteiger partial charge is 0.481 e. The summed E-state index contributed by atoms with van der Waals surface area (Å²) in [5, 5.41) is 23.7. The highest BCUT2D eigenvalue weighted by Gasteiger charge is 2.37. The van der Waals surface area contributed by atoms with Crippen LogP contribution in [0, 0.1) is 17.8 Å². The Morgan fingerprint density at radius 2 is 2.00 bits per heavy atom. The predicted octanol–water partition coefficient (Wildman–Crippen LogP) is 1.29. The summed E-state index contributed by atoms with van der Waals surface area (Å²) in [7, 11) is 0. The third-order valence-electron chi connectivity index (χ3n) is 4.78. The molecule has 0 aromatic carbocycles. The summed E-state index contributed by atoms with van der Waals surface area (Å²) in [5.41, 5.74) is 0. The van der Waals surface area contributed by atoms with Gasteiger partial charge >= 0.3 is 5.97 Å². The van der Waals surface area contributed by atoms with Crippen LogP contribution in [0.1, 0.15) is 51.8 Å². The third kappa shape index (κ3) is 4.27. The van der Waals surface area contributed by atoms with Gasteiger partial charge in [-0.25, -0.2) is 0 Å². The maximum absolute atomic E-state index is 11.7. The van der Waals surface area contributed by atoms with Gasteiger partial charge in [-0.1, -0.05) is 19.1 Å². The fourth-order valence-corrected chi connectivity index (χ4v) is 3.50. The minimum atomic E-state index is -0.823. The smallest absolute Gasteiger partial charge is 0.307 e. The van der Waals surface area contributed by atoms with E-state index in [4.69, 9.17) is 0 Å².